The number of methoxy groups -OCH3 is 1. The van der Waals surface area contributed by atoms with Crippen LogP contribution in [0.3, 0.4) is 0 Å². The Morgan fingerprint density at radius 2 is 1.78 bits per heavy atom. The van der Waals surface area contributed by atoms with E-state index < -0.39 is 0 Å². The topological polar surface area (TPSA) is 35.5 Å². The summed E-state index contributed by atoms with van der Waals surface area (Å²) in [4.78, 5) is 12.1. The lowest BCUT2D eigenvalue weighted by Gasteiger charge is -2.13. The van der Waals surface area contributed by atoms with Crippen molar-refractivity contribution in [2.75, 3.05) is 7.11 Å². The van der Waals surface area contributed by atoms with E-state index in [4.69, 9.17) is 9.47 Å². The van der Waals surface area contributed by atoms with Crippen LogP contribution in [0.25, 0.3) is 0 Å². The molecule has 122 valence electrons. The summed E-state index contributed by atoms with van der Waals surface area (Å²) in [5, 5.41) is 0. The first-order valence-corrected chi connectivity index (χ1v) is 8.00. The van der Waals surface area contributed by atoms with Gasteiger partial charge in [0, 0.05) is 12.3 Å². The lowest BCUT2D eigenvalue weighted by Crippen LogP contribution is -2.12. The molecule has 0 fully saturated rings. The number of ketones is 1. The Hall–Kier alpha value is -2.29. The SMILES string of the molecule is CCC(C)C(=O)Cc1ccc(OC)c(OCc2ccccc2)c1. The van der Waals surface area contributed by atoms with E-state index in [9.17, 15) is 4.79 Å². The van der Waals surface area contributed by atoms with Gasteiger partial charge in [-0.15, -0.1) is 0 Å². The van der Waals surface area contributed by atoms with Gasteiger partial charge in [0.15, 0.2) is 11.5 Å². The van der Waals surface area contributed by atoms with Crippen LogP contribution in [0.5, 0.6) is 11.5 Å². The molecule has 3 nitrogen and oxygen atoms in total. The normalized spacial score (nSPS) is 11.8. The number of hydrogen-bond donors (Lipinski definition) is 0. The molecule has 0 aliphatic rings. The van der Waals surface area contributed by atoms with Gasteiger partial charge in [-0.05, 0) is 29.7 Å². The number of hydrogen-bond acceptors (Lipinski definition) is 3. The van der Waals surface area contributed by atoms with E-state index >= 15 is 0 Å². The fourth-order valence-electron chi connectivity index (χ4n) is 2.28. The molecular weight excluding hydrogens is 288 g/mol. The molecular formula is C20H24O3. The first-order valence-electron chi connectivity index (χ1n) is 8.00. The van der Waals surface area contributed by atoms with E-state index in [2.05, 4.69) is 0 Å². The van der Waals surface area contributed by atoms with Crippen LogP contribution in [-0.2, 0) is 17.8 Å². The minimum atomic E-state index is 0.0887. The number of carbonyl (C=O) groups excluding carboxylic acids is 1. The second kappa shape index (κ2) is 8.37. The highest BCUT2D eigenvalue weighted by atomic mass is 16.5. The summed E-state index contributed by atoms with van der Waals surface area (Å²) in [5.41, 5.74) is 2.05. The van der Waals surface area contributed by atoms with Gasteiger partial charge in [-0.2, -0.15) is 0 Å². The molecule has 0 amide bonds. The Morgan fingerprint density at radius 3 is 2.43 bits per heavy atom. The maximum Gasteiger partial charge on any atom is 0.161 e. The monoisotopic (exact) mass is 312 g/mol. The van der Waals surface area contributed by atoms with E-state index in [1.165, 1.54) is 0 Å². The summed E-state index contributed by atoms with van der Waals surface area (Å²) in [7, 11) is 1.62. The number of Topliss-reactive ketones (excluding diaryl/α,β-unsaturated/α-hetero) is 1. The van der Waals surface area contributed by atoms with Crippen molar-refractivity contribution in [3.63, 3.8) is 0 Å². The molecule has 0 bridgehead atoms. The van der Waals surface area contributed by atoms with Crippen LogP contribution < -0.4 is 9.47 Å². The van der Waals surface area contributed by atoms with Crippen molar-refractivity contribution in [2.24, 2.45) is 5.92 Å². The predicted octanol–water partition coefficient (Wildman–Crippen LogP) is 4.43. The van der Waals surface area contributed by atoms with Gasteiger partial charge in [-0.3, -0.25) is 4.79 Å². The Balaban J connectivity index is 2.10. The molecule has 0 saturated carbocycles. The highest BCUT2D eigenvalue weighted by molar-refractivity contribution is 5.83. The summed E-state index contributed by atoms with van der Waals surface area (Å²) < 4.78 is 11.2. The van der Waals surface area contributed by atoms with Crippen LogP contribution >= 0.6 is 0 Å². The summed E-state index contributed by atoms with van der Waals surface area (Å²) >= 11 is 0. The molecule has 0 aliphatic heterocycles. The number of benzene rings is 2. The van der Waals surface area contributed by atoms with Gasteiger partial charge in [0.25, 0.3) is 0 Å². The fraction of sp³-hybridized carbons (Fsp3) is 0.350. The molecule has 0 aromatic heterocycles. The molecule has 0 aliphatic carbocycles. The zero-order valence-corrected chi connectivity index (χ0v) is 14.0. The maximum atomic E-state index is 12.1. The molecule has 2 rings (SSSR count). The molecule has 0 spiro atoms. The van der Waals surface area contributed by atoms with Gasteiger partial charge in [0.1, 0.15) is 12.4 Å². The second-order valence-corrected chi connectivity index (χ2v) is 5.71. The third kappa shape index (κ3) is 4.85. The quantitative estimate of drug-likeness (QED) is 0.723. The average molecular weight is 312 g/mol. The minimum Gasteiger partial charge on any atom is -0.493 e. The van der Waals surface area contributed by atoms with Crippen molar-refractivity contribution >= 4 is 5.78 Å². The summed E-state index contributed by atoms with van der Waals surface area (Å²) in [6.07, 6.45) is 1.30. The van der Waals surface area contributed by atoms with Crippen molar-refractivity contribution in [1.29, 1.82) is 0 Å². The van der Waals surface area contributed by atoms with E-state index in [1.807, 2.05) is 62.4 Å². The first-order chi connectivity index (χ1) is 11.1. The van der Waals surface area contributed by atoms with Crippen molar-refractivity contribution in [1.82, 2.24) is 0 Å². The Morgan fingerprint density at radius 1 is 1.04 bits per heavy atom. The third-order valence-corrected chi connectivity index (χ3v) is 4.01. The lowest BCUT2D eigenvalue weighted by atomic mass is 9.97. The van der Waals surface area contributed by atoms with E-state index in [0.717, 1.165) is 17.5 Å². The lowest BCUT2D eigenvalue weighted by molar-refractivity contribution is -0.121. The summed E-state index contributed by atoms with van der Waals surface area (Å²) in [6, 6.07) is 15.7. The van der Waals surface area contributed by atoms with Crippen molar-refractivity contribution < 1.29 is 14.3 Å². The maximum absolute atomic E-state index is 12.1. The highest BCUT2D eigenvalue weighted by Gasteiger charge is 2.13. The Labute approximate surface area is 138 Å². The van der Waals surface area contributed by atoms with Gasteiger partial charge < -0.3 is 9.47 Å². The van der Waals surface area contributed by atoms with Crippen molar-refractivity contribution in [2.45, 2.75) is 33.3 Å². The van der Waals surface area contributed by atoms with Crippen LogP contribution in [0.1, 0.15) is 31.4 Å². The first kappa shape index (κ1) is 17.1. The summed E-state index contributed by atoms with van der Waals surface area (Å²) in [6.45, 7) is 4.48. The molecule has 2 aromatic rings. The van der Waals surface area contributed by atoms with E-state index in [1.54, 1.807) is 7.11 Å². The van der Waals surface area contributed by atoms with Crippen LogP contribution in [0.4, 0.5) is 0 Å². The standard InChI is InChI=1S/C20H24O3/c1-4-15(2)18(21)12-17-10-11-19(22-3)20(13-17)23-14-16-8-6-5-7-9-16/h5-11,13,15H,4,12,14H2,1-3H3. The van der Waals surface area contributed by atoms with Gasteiger partial charge in [0.2, 0.25) is 0 Å². The number of ether oxygens (including phenoxy) is 2. The minimum absolute atomic E-state index is 0.0887. The van der Waals surface area contributed by atoms with E-state index in [0.29, 0.717) is 24.5 Å². The fourth-order valence-corrected chi connectivity index (χ4v) is 2.28. The molecule has 0 heterocycles. The van der Waals surface area contributed by atoms with E-state index in [-0.39, 0.29) is 11.7 Å². The molecule has 1 unspecified atom stereocenters. The van der Waals surface area contributed by atoms with Gasteiger partial charge >= 0.3 is 0 Å². The Kier molecular flexibility index (Phi) is 6.21. The zero-order chi connectivity index (χ0) is 16.7. The largest absolute Gasteiger partial charge is 0.493 e. The molecule has 23 heavy (non-hydrogen) atoms. The second-order valence-electron chi connectivity index (χ2n) is 5.71. The molecule has 2 aromatic carbocycles. The van der Waals surface area contributed by atoms with Crippen LogP contribution in [0.15, 0.2) is 48.5 Å². The van der Waals surface area contributed by atoms with Crippen LogP contribution in [0.2, 0.25) is 0 Å². The smallest absolute Gasteiger partial charge is 0.161 e. The zero-order valence-electron chi connectivity index (χ0n) is 14.0. The predicted molar refractivity (Wildman–Crippen MR) is 91.9 cm³/mol. The van der Waals surface area contributed by atoms with Gasteiger partial charge in [0.05, 0.1) is 7.11 Å². The van der Waals surface area contributed by atoms with Crippen LogP contribution in [0, 0.1) is 5.92 Å². The Bertz CT molecular complexity index is 635. The number of carbonyl (C=O) groups is 1. The average Bonchev–Trinajstić information content (AvgIpc) is 2.60. The highest BCUT2D eigenvalue weighted by Crippen LogP contribution is 2.29. The molecule has 0 radical (unpaired) electrons. The molecule has 1 atom stereocenters. The summed E-state index contributed by atoms with van der Waals surface area (Å²) in [5.74, 6) is 1.70. The van der Waals surface area contributed by atoms with Gasteiger partial charge in [-0.25, -0.2) is 0 Å². The third-order valence-electron chi connectivity index (χ3n) is 4.01. The molecule has 3 heteroatoms. The van der Waals surface area contributed by atoms with Gasteiger partial charge in [-0.1, -0.05) is 50.2 Å². The van der Waals surface area contributed by atoms with Crippen molar-refractivity contribution in [3.8, 4) is 11.5 Å². The van der Waals surface area contributed by atoms with Crippen molar-refractivity contribution in [3.05, 3.63) is 59.7 Å². The van der Waals surface area contributed by atoms with Crippen LogP contribution in [-0.4, -0.2) is 12.9 Å². The molecule has 0 saturated heterocycles. The number of rotatable bonds is 8. The molecule has 0 N–H and O–H groups in total.